The molecule has 5 aliphatic heterocycles. The smallest absolute Gasteiger partial charge is 0.236 e. The molecule has 0 unspecified atom stereocenters. The molecule has 2 aromatic carbocycles. The number of aromatic nitrogens is 3. The fourth-order valence-corrected chi connectivity index (χ4v) is 5.33. The van der Waals surface area contributed by atoms with E-state index in [1.165, 1.54) is 0 Å². The van der Waals surface area contributed by atoms with Crippen molar-refractivity contribution in [2.75, 3.05) is 70.1 Å². The molecule has 4 aromatic rings. The van der Waals surface area contributed by atoms with E-state index in [1.54, 1.807) is 6.20 Å². The van der Waals surface area contributed by atoms with Crippen molar-refractivity contribution < 1.29 is 9.53 Å². The van der Waals surface area contributed by atoms with Gasteiger partial charge in [0.15, 0.2) is 0 Å². The number of carbonyl (C=O) groups is 1. The number of rotatable bonds is 3. The van der Waals surface area contributed by atoms with Gasteiger partial charge in [-0.05, 0) is 42.0 Å². The Morgan fingerprint density at radius 3 is 2.35 bits per heavy atom. The number of ether oxygens (including phenoxy) is 1. The fourth-order valence-electron chi connectivity index (χ4n) is 5.33. The van der Waals surface area contributed by atoms with Crippen LogP contribution in [0.3, 0.4) is 0 Å². The van der Waals surface area contributed by atoms with Crippen molar-refractivity contribution in [3.05, 3.63) is 90.3 Å². The molecule has 43 heavy (non-hydrogen) atoms. The zero-order valence-corrected chi connectivity index (χ0v) is 24.8. The maximum atomic E-state index is 13.0. The zero-order chi connectivity index (χ0) is 29.6. The van der Waals surface area contributed by atoms with Gasteiger partial charge in [-0.15, -0.1) is 0 Å². The summed E-state index contributed by atoms with van der Waals surface area (Å²) in [6.45, 7) is 6.43. The largest absolute Gasteiger partial charge is 0.489 e. The van der Waals surface area contributed by atoms with Crippen molar-refractivity contribution in [1.82, 2.24) is 29.7 Å². The van der Waals surface area contributed by atoms with Crippen LogP contribution in [0.2, 0.25) is 0 Å². The van der Waals surface area contributed by atoms with Crippen LogP contribution in [-0.4, -0.2) is 95.5 Å². The molecule has 1 amide bonds. The van der Waals surface area contributed by atoms with Gasteiger partial charge in [0.2, 0.25) is 11.9 Å². The van der Waals surface area contributed by atoms with E-state index < -0.39 is 0 Å². The first kappa shape index (κ1) is 28.6. The molecule has 10 nitrogen and oxygen atoms in total. The summed E-state index contributed by atoms with van der Waals surface area (Å²) in [6.07, 6.45) is 3.59. The quantitative estimate of drug-likeness (QED) is 0.389. The molecule has 10 heteroatoms. The summed E-state index contributed by atoms with van der Waals surface area (Å²) in [4.78, 5) is 35.5. The zero-order valence-electron chi connectivity index (χ0n) is 24.8. The molecule has 5 aliphatic rings. The number of anilines is 3. The van der Waals surface area contributed by atoms with Crippen LogP contribution in [0.5, 0.6) is 5.75 Å². The minimum absolute atomic E-state index is 0.141. The Morgan fingerprint density at radius 1 is 0.814 bits per heavy atom. The predicted octanol–water partition coefficient (Wildman–Crippen LogP) is 3.89. The summed E-state index contributed by atoms with van der Waals surface area (Å²) in [5, 5.41) is 3.40. The molecule has 1 fully saturated rings. The molecule has 0 atom stereocenters. The third-order valence-corrected chi connectivity index (χ3v) is 8.06. The Labute approximate surface area is 252 Å². The van der Waals surface area contributed by atoms with Gasteiger partial charge in [0.25, 0.3) is 0 Å². The first-order valence-corrected chi connectivity index (χ1v) is 14.8. The Bertz CT molecular complexity index is 1520. The highest BCUT2D eigenvalue weighted by Gasteiger charge is 2.22. The number of nitrogens with one attached hydrogen (secondary N) is 1. The number of likely N-dealkylation sites (N-methyl/N-ethyl adjacent to an activating group) is 2. The average Bonchev–Trinajstić information content (AvgIpc) is 3.04. The van der Waals surface area contributed by atoms with E-state index >= 15 is 0 Å². The van der Waals surface area contributed by atoms with E-state index in [0.717, 1.165) is 72.4 Å². The summed E-state index contributed by atoms with van der Waals surface area (Å²) in [5.41, 5.74) is 4.79. The molecule has 0 saturated carbocycles. The van der Waals surface area contributed by atoms with Gasteiger partial charge >= 0.3 is 0 Å². The first-order chi connectivity index (χ1) is 21.0. The van der Waals surface area contributed by atoms with E-state index in [2.05, 4.69) is 48.2 Å². The van der Waals surface area contributed by atoms with Crippen molar-refractivity contribution in [1.29, 1.82) is 0 Å². The standard InChI is InChI=1S/C33H38N8O2/c1-38-14-15-39(2)32(42)23-41-18-16-40(17-19-41)22-27-20-28(9-10-30(27)43-24-25-6-4-3-5-7-25)36-33-34-13-12-29(37-33)26-8-11-31(38)35-21-26/h3-13,20-21H,14-19,22-24H2,1-2H3,(H,34,36,37). The monoisotopic (exact) mass is 578 g/mol. The number of hydrogen-bond donors (Lipinski definition) is 1. The Kier molecular flexibility index (Phi) is 8.76. The molecule has 8 bridgehead atoms. The SMILES string of the molecule is CN1CCN(C)c2ccc(cn2)-c2ccnc(n2)Nc2ccc(OCc3ccccc3)c(c2)CN2CCN(CC2)CC1=O. The summed E-state index contributed by atoms with van der Waals surface area (Å²) in [7, 11) is 3.88. The minimum atomic E-state index is 0.141. The van der Waals surface area contributed by atoms with E-state index in [1.807, 2.05) is 73.7 Å². The van der Waals surface area contributed by atoms with Gasteiger partial charge in [0, 0.05) is 89.1 Å². The second-order valence-corrected chi connectivity index (χ2v) is 11.2. The van der Waals surface area contributed by atoms with Gasteiger partial charge in [-0.1, -0.05) is 30.3 Å². The van der Waals surface area contributed by atoms with Crippen molar-refractivity contribution in [2.24, 2.45) is 0 Å². The van der Waals surface area contributed by atoms with Crippen LogP contribution < -0.4 is 15.0 Å². The third-order valence-electron chi connectivity index (χ3n) is 8.06. The molecule has 0 spiro atoms. The van der Waals surface area contributed by atoms with Crippen molar-refractivity contribution in [2.45, 2.75) is 13.2 Å². The van der Waals surface area contributed by atoms with Gasteiger partial charge in [-0.2, -0.15) is 0 Å². The number of amides is 1. The number of piperazine rings is 1. The van der Waals surface area contributed by atoms with Crippen LogP contribution in [0.25, 0.3) is 11.3 Å². The van der Waals surface area contributed by atoms with Crippen molar-refractivity contribution in [3.8, 4) is 17.0 Å². The number of nitrogens with zero attached hydrogens (tertiary/aromatic N) is 7. The second kappa shape index (κ2) is 13.2. The number of hydrogen-bond acceptors (Lipinski definition) is 9. The van der Waals surface area contributed by atoms with Crippen LogP contribution in [0.15, 0.2) is 79.1 Å². The molecular weight excluding hydrogens is 540 g/mol. The Balaban J connectivity index is 1.29. The Hall–Kier alpha value is -4.54. The van der Waals surface area contributed by atoms with Crippen LogP contribution in [0, 0.1) is 0 Å². The van der Waals surface area contributed by atoms with Gasteiger partial charge < -0.3 is 19.9 Å². The summed E-state index contributed by atoms with van der Waals surface area (Å²) >= 11 is 0. The Morgan fingerprint density at radius 2 is 1.58 bits per heavy atom. The van der Waals surface area contributed by atoms with Crippen LogP contribution in [-0.2, 0) is 17.9 Å². The maximum Gasteiger partial charge on any atom is 0.236 e. The van der Waals surface area contributed by atoms with Gasteiger partial charge in [-0.25, -0.2) is 15.0 Å². The lowest BCUT2D eigenvalue weighted by molar-refractivity contribution is -0.131. The van der Waals surface area contributed by atoms with E-state index in [9.17, 15) is 4.79 Å². The number of pyridine rings is 1. The third kappa shape index (κ3) is 7.28. The van der Waals surface area contributed by atoms with Gasteiger partial charge in [-0.3, -0.25) is 14.6 Å². The predicted molar refractivity (Wildman–Crippen MR) is 168 cm³/mol. The van der Waals surface area contributed by atoms with E-state index in [-0.39, 0.29) is 5.91 Å². The van der Waals surface area contributed by atoms with E-state index in [0.29, 0.717) is 32.2 Å². The number of benzene rings is 2. The van der Waals surface area contributed by atoms with E-state index in [4.69, 9.17) is 9.72 Å². The van der Waals surface area contributed by atoms with Crippen LogP contribution >= 0.6 is 0 Å². The highest BCUT2D eigenvalue weighted by atomic mass is 16.5. The topological polar surface area (TPSA) is 90.0 Å². The molecular formula is C33H38N8O2. The average molecular weight is 579 g/mol. The maximum absolute atomic E-state index is 13.0. The number of carbonyl (C=O) groups excluding carboxylic acids is 1. The molecule has 2 aromatic heterocycles. The summed E-state index contributed by atoms with van der Waals surface area (Å²) < 4.78 is 6.33. The lowest BCUT2D eigenvalue weighted by atomic mass is 10.1. The van der Waals surface area contributed by atoms with Crippen LogP contribution in [0.4, 0.5) is 17.5 Å². The second-order valence-electron chi connectivity index (χ2n) is 11.2. The lowest BCUT2D eigenvalue weighted by Gasteiger charge is -2.35. The highest BCUT2D eigenvalue weighted by Crippen LogP contribution is 2.28. The molecule has 222 valence electrons. The van der Waals surface area contributed by atoms with Gasteiger partial charge in [0.1, 0.15) is 18.2 Å². The minimum Gasteiger partial charge on any atom is -0.489 e. The fraction of sp³-hybridized carbons (Fsp3) is 0.333. The van der Waals surface area contributed by atoms with Crippen LogP contribution in [0.1, 0.15) is 11.1 Å². The normalized spacial score (nSPS) is 19.3. The van der Waals surface area contributed by atoms with Crippen molar-refractivity contribution >= 4 is 23.4 Å². The molecule has 0 aliphatic carbocycles. The van der Waals surface area contributed by atoms with Crippen molar-refractivity contribution in [3.63, 3.8) is 0 Å². The summed E-state index contributed by atoms with van der Waals surface area (Å²) in [5.74, 6) is 2.36. The molecule has 0 radical (unpaired) electrons. The highest BCUT2D eigenvalue weighted by molar-refractivity contribution is 5.78. The lowest BCUT2D eigenvalue weighted by Crippen LogP contribution is -2.49. The molecule has 9 rings (SSSR count). The molecule has 1 N–H and O–H groups in total. The van der Waals surface area contributed by atoms with Gasteiger partial charge in [0.05, 0.1) is 12.2 Å². The summed E-state index contributed by atoms with van der Waals surface area (Å²) in [6, 6.07) is 22.2. The molecule has 7 heterocycles. The first-order valence-electron chi connectivity index (χ1n) is 14.8. The molecule has 1 saturated heterocycles.